The first-order valence-electron chi connectivity index (χ1n) is 7.76. The number of hydrogen-bond acceptors (Lipinski definition) is 4. The minimum absolute atomic E-state index is 0.181. The Kier molecular flexibility index (Phi) is 7.05. The van der Waals surface area contributed by atoms with Crippen molar-refractivity contribution in [3.63, 3.8) is 0 Å². The lowest BCUT2D eigenvalue weighted by Gasteiger charge is -2.17. The number of carbonyl (C=O) groups is 1. The molecule has 2 aromatic carbocycles. The largest absolute Gasteiger partial charge is 0.501 e. The topological polar surface area (TPSA) is 44.8 Å². The van der Waals surface area contributed by atoms with Gasteiger partial charge in [-0.15, -0.1) is 0 Å². The summed E-state index contributed by atoms with van der Waals surface area (Å²) in [5.41, 5.74) is 1.97. The monoisotopic (exact) mass is 326 g/mol. The molecule has 126 valence electrons. The maximum atomic E-state index is 12.0. The molecule has 2 aromatic rings. The van der Waals surface area contributed by atoms with Crippen LogP contribution in [0, 0.1) is 0 Å². The number of rotatable bonds is 8. The first-order chi connectivity index (χ1) is 11.7. The van der Waals surface area contributed by atoms with Gasteiger partial charge in [0, 0.05) is 13.5 Å². The highest BCUT2D eigenvalue weighted by molar-refractivity contribution is 5.82. The van der Waals surface area contributed by atoms with E-state index in [4.69, 9.17) is 14.2 Å². The average Bonchev–Trinajstić information content (AvgIpc) is 2.65. The summed E-state index contributed by atoms with van der Waals surface area (Å²) in [4.78, 5) is 12.0. The maximum Gasteiger partial charge on any atom is 0.334 e. The molecule has 1 unspecified atom stereocenters. The van der Waals surface area contributed by atoms with Crippen LogP contribution in [0.5, 0.6) is 0 Å². The van der Waals surface area contributed by atoms with Gasteiger partial charge >= 0.3 is 5.97 Å². The molecule has 0 aromatic heterocycles. The number of methoxy groups -OCH3 is 2. The molecule has 0 radical (unpaired) electrons. The van der Waals surface area contributed by atoms with Gasteiger partial charge in [-0.05, 0) is 11.1 Å². The van der Waals surface area contributed by atoms with Gasteiger partial charge in [-0.1, -0.05) is 60.7 Å². The smallest absolute Gasteiger partial charge is 0.334 e. The van der Waals surface area contributed by atoms with Crippen molar-refractivity contribution in [1.82, 2.24) is 0 Å². The highest BCUT2D eigenvalue weighted by Crippen LogP contribution is 2.24. The van der Waals surface area contributed by atoms with E-state index in [1.165, 1.54) is 13.2 Å². The Morgan fingerprint density at radius 3 is 2.21 bits per heavy atom. The average molecular weight is 326 g/mol. The van der Waals surface area contributed by atoms with Crippen LogP contribution in [-0.4, -0.2) is 20.2 Å². The van der Waals surface area contributed by atoms with Crippen molar-refractivity contribution in [3.8, 4) is 0 Å². The molecule has 2 rings (SSSR count). The van der Waals surface area contributed by atoms with Crippen molar-refractivity contribution < 1.29 is 19.0 Å². The van der Waals surface area contributed by atoms with Gasteiger partial charge in [0.05, 0.1) is 19.3 Å². The van der Waals surface area contributed by atoms with Crippen LogP contribution >= 0.6 is 0 Å². The van der Waals surface area contributed by atoms with Gasteiger partial charge in [0.15, 0.2) is 0 Å². The van der Waals surface area contributed by atoms with E-state index in [1.54, 1.807) is 7.11 Å². The van der Waals surface area contributed by atoms with Crippen molar-refractivity contribution >= 4 is 5.97 Å². The predicted octanol–water partition coefficient (Wildman–Crippen LogP) is 4.04. The Bertz CT molecular complexity index is 650. The highest BCUT2D eigenvalue weighted by atomic mass is 16.5. The molecule has 0 bridgehead atoms. The standard InChI is InChI=1S/C20H22O4/c1-22-18(13-19(23-2)17-11-7-4-8-12-17)14-20(21)24-15-16-9-5-3-6-10-16/h3-12,14,19H,13,15H2,1-2H3/b18-14+. The van der Waals surface area contributed by atoms with Gasteiger partial charge in [-0.2, -0.15) is 0 Å². The van der Waals surface area contributed by atoms with Crippen molar-refractivity contribution in [1.29, 1.82) is 0 Å². The molecular weight excluding hydrogens is 304 g/mol. The predicted molar refractivity (Wildman–Crippen MR) is 92.1 cm³/mol. The van der Waals surface area contributed by atoms with Crippen LogP contribution in [0.2, 0.25) is 0 Å². The van der Waals surface area contributed by atoms with Crippen LogP contribution in [0.25, 0.3) is 0 Å². The third kappa shape index (κ3) is 5.56. The summed E-state index contributed by atoms with van der Waals surface area (Å²) in [6.45, 7) is 0.236. The quantitative estimate of drug-likeness (QED) is 0.417. The highest BCUT2D eigenvalue weighted by Gasteiger charge is 2.14. The second kappa shape index (κ2) is 9.53. The summed E-state index contributed by atoms with van der Waals surface area (Å²) in [5.74, 6) is 0.0855. The summed E-state index contributed by atoms with van der Waals surface area (Å²) in [6, 6.07) is 19.4. The van der Waals surface area contributed by atoms with Gasteiger partial charge in [-0.3, -0.25) is 0 Å². The Balaban J connectivity index is 1.96. The number of benzene rings is 2. The fourth-order valence-electron chi connectivity index (χ4n) is 2.29. The number of hydrogen-bond donors (Lipinski definition) is 0. The van der Waals surface area contributed by atoms with Crippen LogP contribution < -0.4 is 0 Å². The lowest BCUT2D eigenvalue weighted by atomic mass is 10.1. The second-order valence-corrected chi connectivity index (χ2v) is 5.25. The van der Waals surface area contributed by atoms with E-state index in [-0.39, 0.29) is 12.7 Å². The second-order valence-electron chi connectivity index (χ2n) is 5.25. The van der Waals surface area contributed by atoms with Crippen LogP contribution in [0.3, 0.4) is 0 Å². The first-order valence-corrected chi connectivity index (χ1v) is 7.76. The SMILES string of the molecule is CO/C(=C/C(=O)OCc1ccccc1)CC(OC)c1ccccc1. The molecule has 0 amide bonds. The fraction of sp³-hybridized carbons (Fsp3) is 0.250. The minimum atomic E-state index is -0.432. The number of ether oxygens (including phenoxy) is 3. The molecule has 1 atom stereocenters. The molecule has 0 aliphatic carbocycles. The molecule has 0 aliphatic heterocycles. The molecule has 0 N–H and O–H groups in total. The molecule has 0 heterocycles. The summed E-state index contributed by atoms with van der Waals surface area (Å²) in [7, 11) is 3.17. The van der Waals surface area contributed by atoms with Gasteiger partial charge in [0.1, 0.15) is 12.4 Å². The molecule has 4 nitrogen and oxygen atoms in total. The molecule has 0 fully saturated rings. The van der Waals surface area contributed by atoms with Crippen LogP contribution in [0.15, 0.2) is 72.5 Å². The van der Waals surface area contributed by atoms with E-state index in [0.29, 0.717) is 12.2 Å². The Hall–Kier alpha value is -2.59. The Morgan fingerprint density at radius 1 is 1.00 bits per heavy atom. The fourth-order valence-corrected chi connectivity index (χ4v) is 2.29. The van der Waals surface area contributed by atoms with E-state index >= 15 is 0 Å². The van der Waals surface area contributed by atoms with E-state index in [9.17, 15) is 4.79 Å². The molecule has 0 aliphatic rings. The number of esters is 1. The maximum absolute atomic E-state index is 12.0. The molecule has 24 heavy (non-hydrogen) atoms. The summed E-state index contributed by atoms with van der Waals surface area (Å²) in [5, 5.41) is 0. The summed E-state index contributed by atoms with van der Waals surface area (Å²) >= 11 is 0. The van der Waals surface area contributed by atoms with Crippen LogP contribution in [0.1, 0.15) is 23.7 Å². The molecule has 0 spiro atoms. The van der Waals surface area contributed by atoms with Gasteiger partial charge < -0.3 is 14.2 Å². The van der Waals surface area contributed by atoms with Crippen LogP contribution in [-0.2, 0) is 25.6 Å². The van der Waals surface area contributed by atoms with Crippen molar-refractivity contribution in [2.24, 2.45) is 0 Å². The van der Waals surface area contributed by atoms with Crippen molar-refractivity contribution in [2.45, 2.75) is 19.1 Å². The molecule has 0 saturated heterocycles. The van der Waals surface area contributed by atoms with E-state index in [0.717, 1.165) is 11.1 Å². The van der Waals surface area contributed by atoms with Gasteiger partial charge in [0.2, 0.25) is 0 Å². The minimum Gasteiger partial charge on any atom is -0.501 e. The lowest BCUT2D eigenvalue weighted by molar-refractivity contribution is -0.139. The zero-order valence-corrected chi connectivity index (χ0v) is 14.0. The van der Waals surface area contributed by atoms with Gasteiger partial charge in [0.25, 0.3) is 0 Å². The van der Waals surface area contributed by atoms with E-state index < -0.39 is 5.97 Å². The summed E-state index contributed by atoms with van der Waals surface area (Å²) in [6.07, 6.45) is 1.65. The third-order valence-corrected chi connectivity index (χ3v) is 3.61. The summed E-state index contributed by atoms with van der Waals surface area (Å²) < 4.78 is 16.1. The zero-order valence-electron chi connectivity index (χ0n) is 14.0. The Morgan fingerprint density at radius 2 is 1.62 bits per heavy atom. The molecule has 4 heteroatoms. The van der Waals surface area contributed by atoms with E-state index in [1.807, 2.05) is 60.7 Å². The lowest BCUT2D eigenvalue weighted by Crippen LogP contribution is -2.07. The normalized spacial score (nSPS) is 12.5. The van der Waals surface area contributed by atoms with Gasteiger partial charge in [-0.25, -0.2) is 4.79 Å². The molecular formula is C20H22O4. The third-order valence-electron chi connectivity index (χ3n) is 3.61. The van der Waals surface area contributed by atoms with Crippen molar-refractivity contribution in [2.75, 3.05) is 14.2 Å². The first kappa shape index (κ1) is 17.8. The number of carbonyl (C=O) groups excluding carboxylic acids is 1. The zero-order chi connectivity index (χ0) is 17.2. The van der Waals surface area contributed by atoms with Crippen LogP contribution in [0.4, 0.5) is 0 Å². The Labute approximate surface area is 142 Å². The molecule has 0 saturated carbocycles. The van der Waals surface area contributed by atoms with Crippen molar-refractivity contribution in [3.05, 3.63) is 83.6 Å². The van der Waals surface area contributed by atoms with E-state index in [2.05, 4.69) is 0 Å².